The van der Waals surface area contributed by atoms with Crippen molar-refractivity contribution in [2.24, 2.45) is 0 Å². The van der Waals surface area contributed by atoms with E-state index < -0.39 is 28.5 Å². The number of anilines is 1. The highest BCUT2D eigenvalue weighted by Gasteiger charge is 2.31. The quantitative estimate of drug-likeness (QED) is 0.393. The van der Waals surface area contributed by atoms with Crippen LogP contribution in [0.4, 0.5) is 5.69 Å². The minimum absolute atomic E-state index is 0.0687. The lowest BCUT2D eigenvalue weighted by Crippen LogP contribution is -2.52. The van der Waals surface area contributed by atoms with Crippen LogP contribution in [0, 0.1) is 3.57 Å². The van der Waals surface area contributed by atoms with Gasteiger partial charge in [-0.15, -0.1) is 0 Å². The molecule has 0 unspecified atom stereocenters. The Balaban J connectivity index is 1.88. The molecule has 0 spiro atoms. The molecular weight excluding hydrogens is 624 g/mol. The fourth-order valence-electron chi connectivity index (χ4n) is 4.03. The van der Waals surface area contributed by atoms with Gasteiger partial charge >= 0.3 is 0 Å². The van der Waals surface area contributed by atoms with Crippen LogP contribution in [-0.4, -0.2) is 50.0 Å². The Kier molecular flexibility index (Phi) is 9.70. The molecule has 2 aromatic rings. The van der Waals surface area contributed by atoms with Crippen LogP contribution < -0.4 is 9.62 Å². The number of amides is 2. The van der Waals surface area contributed by atoms with E-state index in [2.05, 4.69) is 27.9 Å². The van der Waals surface area contributed by atoms with Gasteiger partial charge in [-0.3, -0.25) is 13.9 Å². The smallest absolute Gasteiger partial charge is 0.244 e. The number of rotatable bonds is 9. The Morgan fingerprint density at radius 2 is 1.71 bits per heavy atom. The van der Waals surface area contributed by atoms with Gasteiger partial charge in [-0.05, 0) is 84.3 Å². The van der Waals surface area contributed by atoms with Crippen molar-refractivity contribution in [2.45, 2.75) is 51.2 Å². The maximum atomic E-state index is 13.6. The van der Waals surface area contributed by atoms with Gasteiger partial charge in [-0.1, -0.05) is 42.1 Å². The molecule has 0 saturated heterocycles. The predicted molar refractivity (Wildman–Crippen MR) is 148 cm³/mol. The van der Waals surface area contributed by atoms with Crippen molar-refractivity contribution < 1.29 is 18.0 Å². The lowest BCUT2D eigenvalue weighted by molar-refractivity contribution is -0.139. The average Bonchev–Trinajstić information content (AvgIpc) is 3.30. The molecule has 0 aliphatic heterocycles. The summed E-state index contributed by atoms with van der Waals surface area (Å²) in [5, 5.41) is 3.74. The third kappa shape index (κ3) is 7.71. The van der Waals surface area contributed by atoms with E-state index in [-0.39, 0.29) is 18.5 Å². The van der Waals surface area contributed by atoms with E-state index >= 15 is 0 Å². The molecule has 2 aromatic carbocycles. The third-order valence-corrected chi connectivity index (χ3v) is 8.60. The first-order valence-electron chi connectivity index (χ1n) is 11.2. The summed E-state index contributed by atoms with van der Waals surface area (Å²) in [7, 11) is -3.76. The maximum Gasteiger partial charge on any atom is 0.244 e. The standard InChI is InChI=1S/C24H28Cl2IN3O4S/c1-16(24(32)28-19-5-3-4-6-19)29(14-17-7-12-21(25)22(26)13-17)23(31)15-30(35(2,33)34)20-10-8-18(27)9-11-20/h7-13,16,19H,3-6,14-15H2,1-2H3,(H,28,32)/t16-/m1/s1. The molecule has 190 valence electrons. The van der Waals surface area contributed by atoms with Crippen LogP contribution in [0.3, 0.4) is 0 Å². The highest BCUT2D eigenvalue weighted by molar-refractivity contribution is 14.1. The zero-order valence-corrected chi connectivity index (χ0v) is 24.0. The van der Waals surface area contributed by atoms with Crippen LogP contribution in [0.2, 0.25) is 10.0 Å². The van der Waals surface area contributed by atoms with Crippen molar-refractivity contribution in [3.8, 4) is 0 Å². The Bertz CT molecular complexity index is 1170. The van der Waals surface area contributed by atoms with Crippen molar-refractivity contribution in [1.29, 1.82) is 0 Å². The zero-order valence-electron chi connectivity index (χ0n) is 19.5. The van der Waals surface area contributed by atoms with Crippen LogP contribution in [0.1, 0.15) is 38.2 Å². The van der Waals surface area contributed by atoms with E-state index in [1.165, 1.54) is 4.90 Å². The number of carbonyl (C=O) groups is 2. The first-order chi connectivity index (χ1) is 16.5. The molecule has 7 nitrogen and oxygen atoms in total. The normalized spacial score (nSPS) is 15.0. The van der Waals surface area contributed by atoms with Gasteiger partial charge in [-0.25, -0.2) is 8.42 Å². The van der Waals surface area contributed by atoms with Crippen molar-refractivity contribution in [3.63, 3.8) is 0 Å². The highest BCUT2D eigenvalue weighted by Crippen LogP contribution is 2.25. The van der Waals surface area contributed by atoms with Gasteiger partial charge in [0.05, 0.1) is 22.0 Å². The van der Waals surface area contributed by atoms with E-state index in [9.17, 15) is 18.0 Å². The molecule has 2 amide bonds. The maximum absolute atomic E-state index is 13.6. The topological polar surface area (TPSA) is 86.8 Å². The highest BCUT2D eigenvalue weighted by atomic mass is 127. The lowest BCUT2D eigenvalue weighted by Gasteiger charge is -2.32. The van der Waals surface area contributed by atoms with Gasteiger partial charge in [0.2, 0.25) is 21.8 Å². The minimum Gasteiger partial charge on any atom is -0.352 e. The van der Waals surface area contributed by atoms with E-state index in [0.29, 0.717) is 21.3 Å². The van der Waals surface area contributed by atoms with Crippen LogP contribution in [0.5, 0.6) is 0 Å². The number of hydrogen-bond donors (Lipinski definition) is 1. The number of hydrogen-bond acceptors (Lipinski definition) is 4. The van der Waals surface area contributed by atoms with Crippen molar-refractivity contribution in [3.05, 3.63) is 61.6 Å². The number of carbonyl (C=O) groups excluding carboxylic acids is 2. The number of nitrogens with one attached hydrogen (secondary N) is 1. The second kappa shape index (κ2) is 12.1. The molecule has 0 aromatic heterocycles. The molecule has 1 saturated carbocycles. The first kappa shape index (κ1) is 28.0. The van der Waals surface area contributed by atoms with Crippen LogP contribution in [0.25, 0.3) is 0 Å². The van der Waals surface area contributed by atoms with E-state index in [1.54, 1.807) is 49.4 Å². The Labute approximate surface area is 230 Å². The van der Waals surface area contributed by atoms with Crippen molar-refractivity contribution in [2.75, 3.05) is 17.1 Å². The molecule has 0 bridgehead atoms. The zero-order chi connectivity index (χ0) is 25.8. The van der Waals surface area contributed by atoms with Crippen LogP contribution >= 0.6 is 45.8 Å². The van der Waals surface area contributed by atoms with Crippen LogP contribution in [-0.2, 0) is 26.2 Å². The lowest BCUT2D eigenvalue weighted by atomic mass is 10.1. The molecule has 1 N–H and O–H groups in total. The molecule has 1 aliphatic rings. The molecule has 1 fully saturated rings. The number of halogens is 3. The summed E-state index contributed by atoms with van der Waals surface area (Å²) in [5.74, 6) is -0.778. The van der Waals surface area contributed by atoms with E-state index in [4.69, 9.17) is 23.2 Å². The van der Waals surface area contributed by atoms with Gasteiger partial charge < -0.3 is 10.2 Å². The Morgan fingerprint density at radius 3 is 2.29 bits per heavy atom. The fraction of sp³-hybridized carbons (Fsp3) is 0.417. The SMILES string of the molecule is C[C@H](C(=O)NC1CCCC1)N(Cc1ccc(Cl)c(Cl)c1)C(=O)CN(c1ccc(I)cc1)S(C)(=O)=O. The summed E-state index contributed by atoms with van der Waals surface area (Å²) in [6, 6.07) is 11.1. The second-order valence-corrected chi connectivity index (χ2v) is 12.6. The molecule has 3 rings (SSSR count). The Hall–Kier alpha value is -1.56. The monoisotopic (exact) mass is 651 g/mol. The second-order valence-electron chi connectivity index (χ2n) is 8.68. The van der Waals surface area contributed by atoms with Gasteiger partial charge in [0, 0.05) is 16.2 Å². The summed E-state index contributed by atoms with van der Waals surface area (Å²) in [4.78, 5) is 28.0. The van der Waals surface area contributed by atoms with Crippen molar-refractivity contribution in [1.82, 2.24) is 10.2 Å². The molecular formula is C24H28Cl2IN3O4S. The van der Waals surface area contributed by atoms with E-state index in [1.807, 2.05) is 0 Å². The van der Waals surface area contributed by atoms with Gasteiger partial charge in [0.25, 0.3) is 0 Å². The number of nitrogens with zero attached hydrogens (tertiary/aromatic N) is 2. The molecule has 11 heteroatoms. The summed E-state index contributed by atoms with van der Waals surface area (Å²) in [6.07, 6.45) is 4.99. The Morgan fingerprint density at radius 1 is 1.09 bits per heavy atom. The van der Waals surface area contributed by atoms with Crippen molar-refractivity contribution >= 4 is 73.3 Å². The summed E-state index contributed by atoms with van der Waals surface area (Å²) < 4.78 is 27.2. The minimum atomic E-state index is -3.76. The fourth-order valence-corrected chi connectivity index (χ4v) is 5.56. The molecule has 1 aliphatic carbocycles. The molecule has 0 heterocycles. The predicted octanol–water partition coefficient (Wildman–Crippen LogP) is 4.84. The van der Waals surface area contributed by atoms with Crippen LogP contribution in [0.15, 0.2) is 42.5 Å². The summed E-state index contributed by atoms with van der Waals surface area (Å²) in [5.41, 5.74) is 1.05. The first-order valence-corrected chi connectivity index (χ1v) is 14.9. The number of benzene rings is 2. The summed E-state index contributed by atoms with van der Waals surface area (Å²) >= 11 is 14.3. The molecule has 35 heavy (non-hydrogen) atoms. The van der Waals surface area contributed by atoms with E-state index in [0.717, 1.165) is 39.8 Å². The number of sulfonamides is 1. The largest absolute Gasteiger partial charge is 0.352 e. The van der Waals surface area contributed by atoms with Gasteiger partial charge in [-0.2, -0.15) is 0 Å². The average molecular weight is 652 g/mol. The third-order valence-electron chi connectivity index (χ3n) is 6.00. The summed E-state index contributed by atoms with van der Waals surface area (Å²) in [6.45, 7) is 1.27. The van der Waals surface area contributed by atoms with Gasteiger partial charge in [0.1, 0.15) is 12.6 Å². The molecule has 0 radical (unpaired) electrons. The van der Waals surface area contributed by atoms with Gasteiger partial charge in [0.15, 0.2) is 0 Å². The molecule has 1 atom stereocenters.